The van der Waals surface area contributed by atoms with Gasteiger partial charge in [-0.3, -0.25) is 4.79 Å². The zero-order valence-electron chi connectivity index (χ0n) is 11.3. The Morgan fingerprint density at radius 2 is 1.24 bits per heavy atom. The molecule has 0 aliphatic heterocycles. The summed E-state index contributed by atoms with van der Waals surface area (Å²) in [5.41, 5.74) is 0.591. The molecule has 3 rings (SSSR count). The number of rotatable bonds is 3. The summed E-state index contributed by atoms with van der Waals surface area (Å²) in [5, 5.41) is 0. The minimum Gasteiger partial charge on any atom is -0.268 e. The lowest BCUT2D eigenvalue weighted by Gasteiger charge is -2.20. The van der Waals surface area contributed by atoms with E-state index < -0.39 is 0 Å². The molecule has 1 amide bonds. The van der Waals surface area contributed by atoms with Gasteiger partial charge in [-0.15, -0.1) is 0 Å². The summed E-state index contributed by atoms with van der Waals surface area (Å²) in [6.07, 6.45) is 3.31. The van der Waals surface area contributed by atoms with E-state index in [1.807, 2.05) is 42.5 Å². The first-order valence-electron chi connectivity index (χ1n) is 6.58. The van der Waals surface area contributed by atoms with E-state index in [-0.39, 0.29) is 5.91 Å². The number of pyridine rings is 2. The minimum absolute atomic E-state index is 0.159. The molecule has 2 aromatic heterocycles. The van der Waals surface area contributed by atoms with Crippen LogP contribution in [0.25, 0.3) is 0 Å². The van der Waals surface area contributed by atoms with Crippen LogP contribution in [-0.2, 0) is 0 Å². The van der Waals surface area contributed by atoms with E-state index in [2.05, 4.69) is 9.97 Å². The summed E-state index contributed by atoms with van der Waals surface area (Å²) in [7, 11) is 0. The average molecular weight is 275 g/mol. The van der Waals surface area contributed by atoms with Gasteiger partial charge in [0.2, 0.25) is 0 Å². The Labute approximate surface area is 122 Å². The Bertz CT molecular complexity index is 675. The second-order valence-electron chi connectivity index (χ2n) is 4.38. The zero-order valence-corrected chi connectivity index (χ0v) is 11.3. The molecule has 4 heteroatoms. The maximum atomic E-state index is 12.8. The third kappa shape index (κ3) is 2.79. The number of aromatic nitrogens is 2. The third-order valence-electron chi connectivity index (χ3n) is 2.98. The van der Waals surface area contributed by atoms with Crippen molar-refractivity contribution in [3.8, 4) is 0 Å². The molecule has 0 aliphatic rings. The molecule has 0 saturated carbocycles. The van der Waals surface area contributed by atoms with Crippen LogP contribution in [-0.4, -0.2) is 15.9 Å². The van der Waals surface area contributed by atoms with E-state index in [1.54, 1.807) is 36.7 Å². The predicted molar refractivity (Wildman–Crippen MR) is 81.4 cm³/mol. The number of hydrogen-bond acceptors (Lipinski definition) is 3. The number of carbonyl (C=O) groups is 1. The van der Waals surface area contributed by atoms with Crippen LogP contribution >= 0.6 is 0 Å². The minimum atomic E-state index is -0.159. The number of benzene rings is 1. The van der Waals surface area contributed by atoms with E-state index in [0.29, 0.717) is 17.2 Å². The number of amides is 1. The van der Waals surface area contributed by atoms with Crippen molar-refractivity contribution in [1.29, 1.82) is 0 Å². The highest BCUT2D eigenvalue weighted by atomic mass is 16.2. The van der Waals surface area contributed by atoms with Crippen molar-refractivity contribution in [1.82, 2.24) is 9.97 Å². The monoisotopic (exact) mass is 275 g/mol. The van der Waals surface area contributed by atoms with Gasteiger partial charge in [0.1, 0.15) is 11.6 Å². The van der Waals surface area contributed by atoms with Crippen molar-refractivity contribution >= 4 is 17.5 Å². The topological polar surface area (TPSA) is 46.1 Å². The molecule has 3 aromatic rings. The molecule has 0 unspecified atom stereocenters. The highest BCUT2D eigenvalue weighted by molar-refractivity contribution is 6.09. The lowest BCUT2D eigenvalue weighted by atomic mass is 10.2. The van der Waals surface area contributed by atoms with Crippen molar-refractivity contribution in [2.45, 2.75) is 0 Å². The van der Waals surface area contributed by atoms with Gasteiger partial charge < -0.3 is 0 Å². The second kappa shape index (κ2) is 5.96. The molecule has 21 heavy (non-hydrogen) atoms. The molecule has 102 valence electrons. The van der Waals surface area contributed by atoms with Gasteiger partial charge in [-0.2, -0.15) is 0 Å². The number of nitrogens with zero attached hydrogens (tertiary/aromatic N) is 3. The Morgan fingerprint density at radius 1 is 0.714 bits per heavy atom. The number of carbonyl (C=O) groups excluding carboxylic acids is 1. The van der Waals surface area contributed by atoms with Gasteiger partial charge in [0, 0.05) is 18.0 Å². The van der Waals surface area contributed by atoms with E-state index in [1.165, 1.54) is 4.90 Å². The van der Waals surface area contributed by atoms with E-state index in [0.717, 1.165) is 0 Å². The van der Waals surface area contributed by atoms with E-state index >= 15 is 0 Å². The van der Waals surface area contributed by atoms with Gasteiger partial charge in [-0.1, -0.05) is 30.3 Å². The van der Waals surface area contributed by atoms with Crippen molar-refractivity contribution in [2.24, 2.45) is 0 Å². The van der Waals surface area contributed by atoms with Gasteiger partial charge in [0.05, 0.1) is 0 Å². The summed E-state index contributed by atoms with van der Waals surface area (Å²) >= 11 is 0. The molecule has 0 N–H and O–H groups in total. The smallest absolute Gasteiger partial charge is 0.265 e. The van der Waals surface area contributed by atoms with E-state index in [4.69, 9.17) is 0 Å². The molecule has 0 radical (unpaired) electrons. The van der Waals surface area contributed by atoms with Crippen molar-refractivity contribution in [2.75, 3.05) is 4.90 Å². The Morgan fingerprint density at radius 3 is 1.71 bits per heavy atom. The van der Waals surface area contributed by atoms with Gasteiger partial charge in [-0.25, -0.2) is 14.9 Å². The molecule has 1 aromatic carbocycles. The quantitative estimate of drug-likeness (QED) is 0.735. The first kappa shape index (κ1) is 13.0. The van der Waals surface area contributed by atoms with Crippen molar-refractivity contribution in [3.05, 3.63) is 84.7 Å². The van der Waals surface area contributed by atoms with Crippen LogP contribution in [0.4, 0.5) is 11.6 Å². The molecule has 0 atom stereocenters. The summed E-state index contributed by atoms with van der Waals surface area (Å²) in [6.45, 7) is 0. The SMILES string of the molecule is O=C(c1ccccc1)N(c1ccccn1)c1ccccn1. The molecule has 0 spiro atoms. The Hall–Kier alpha value is -3.01. The van der Waals surface area contributed by atoms with Crippen LogP contribution in [0.5, 0.6) is 0 Å². The summed E-state index contributed by atoms with van der Waals surface area (Å²) in [4.78, 5) is 22.8. The lowest BCUT2D eigenvalue weighted by molar-refractivity contribution is 0.0998. The van der Waals surface area contributed by atoms with Gasteiger partial charge in [0.25, 0.3) is 5.91 Å². The zero-order chi connectivity index (χ0) is 14.5. The normalized spacial score (nSPS) is 10.1. The molecular formula is C17H13N3O. The summed E-state index contributed by atoms with van der Waals surface area (Å²) in [5.74, 6) is 0.933. The van der Waals surface area contributed by atoms with E-state index in [9.17, 15) is 4.79 Å². The van der Waals surface area contributed by atoms with Crippen LogP contribution in [0.3, 0.4) is 0 Å². The fraction of sp³-hybridized carbons (Fsp3) is 0. The Balaban J connectivity index is 2.07. The number of hydrogen-bond donors (Lipinski definition) is 0. The predicted octanol–water partition coefficient (Wildman–Crippen LogP) is 3.46. The van der Waals surface area contributed by atoms with Crippen molar-refractivity contribution in [3.63, 3.8) is 0 Å². The van der Waals surface area contributed by atoms with Crippen LogP contribution in [0.2, 0.25) is 0 Å². The summed E-state index contributed by atoms with van der Waals surface area (Å²) < 4.78 is 0. The van der Waals surface area contributed by atoms with Gasteiger partial charge in [-0.05, 0) is 36.4 Å². The van der Waals surface area contributed by atoms with Gasteiger partial charge in [0.15, 0.2) is 0 Å². The molecule has 0 saturated heterocycles. The maximum Gasteiger partial charge on any atom is 0.265 e. The first-order chi connectivity index (χ1) is 10.4. The standard InChI is InChI=1S/C17H13N3O/c21-17(14-8-2-1-3-9-14)20(15-10-4-6-12-18-15)16-11-5-7-13-19-16/h1-13H. The maximum absolute atomic E-state index is 12.8. The Kier molecular flexibility index (Phi) is 3.69. The largest absolute Gasteiger partial charge is 0.268 e. The molecule has 0 fully saturated rings. The van der Waals surface area contributed by atoms with Crippen LogP contribution in [0.1, 0.15) is 10.4 Å². The first-order valence-corrected chi connectivity index (χ1v) is 6.58. The summed E-state index contributed by atoms with van der Waals surface area (Å²) in [6, 6.07) is 20.0. The fourth-order valence-corrected chi connectivity index (χ4v) is 2.01. The number of anilines is 2. The van der Waals surface area contributed by atoms with Crippen LogP contribution in [0, 0.1) is 0 Å². The highest BCUT2D eigenvalue weighted by Crippen LogP contribution is 2.23. The molecule has 0 aliphatic carbocycles. The average Bonchev–Trinajstić information content (AvgIpc) is 2.58. The lowest BCUT2D eigenvalue weighted by Crippen LogP contribution is -2.27. The highest BCUT2D eigenvalue weighted by Gasteiger charge is 2.21. The fourth-order valence-electron chi connectivity index (χ4n) is 2.01. The van der Waals surface area contributed by atoms with Crippen LogP contribution in [0.15, 0.2) is 79.1 Å². The van der Waals surface area contributed by atoms with Crippen LogP contribution < -0.4 is 4.90 Å². The molecule has 4 nitrogen and oxygen atoms in total. The molecule has 2 heterocycles. The van der Waals surface area contributed by atoms with Gasteiger partial charge >= 0.3 is 0 Å². The van der Waals surface area contributed by atoms with Crippen molar-refractivity contribution < 1.29 is 4.79 Å². The molecule has 0 bridgehead atoms. The second-order valence-corrected chi connectivity index (χ2v) is 4.38. The molecular weight excluding hydrogens is 262 g/mol. The third-order valence-corrected chi connectivity index (χ3v) is 2.98.